The first-order valence-corrected chi connectivity index (χ1v) is 6.78. The van der Waals surface area contributed by atoms with Crippen LogP contribution in [0.3, 0.4) is 0 Å². The maximum Gasteiger partial charge on any atom is 0.0797 e. The number of aryl methyl sites for hydroxylation is 1. The number of hydrogen-bond acceptors (Lipinski definition) is 3. The van der Waals surface area contributed by atoms with E-state index in [2.05, 4.69) is 24.1 Å². The SMILES string of the molecule is CCC1(NCCc2scnc2C)CCC1. The number of nitrogens with zero attached hydrogens (tertiary/aromatic N) is 1. The lowest BCUT2D eigenvalue weighted by molar-refractivity contribution is 0.179. The van der Waals surface area contributed by atoms with Crippen molar-refractivity contribution >= 4 is 11.3 Å². The summed E-state index contributed by atoms with van der Waals surface area (Å²) in [7, 11) is 0. The van der Waals surface area contributed by atoms with Gasteiger partial charge in [-0.3, -0.25) is 0 Å². The normalized spacial score (nSPS) is 18.8. The molecule has 1 aromatic rings. The maximum atomic E-state index is 4.28. The second kappa shape index (κ2) is 4.62. The summed E-state index contributed by atoms with van der Waals surface area (Å²) in [5.74, 6) is 0. The molecule has 84 valence electrons. The monoisotopic (exact) mass is 224 g/mol. The van der Waals surface area contributed by atoms with Gasteiger partial charge in [0, 0.05) is 17.0 Å². The highest BCUT2D eigenvalue weighted by molar-refractivity contribution is 7.09. The van der Waals surface area contributed by atoms with Crippen LogP contribution >= 0.6 is 11.3 Å². The fourth-order valence-electron chi connectivity index (χ4n) is 2.27. The van der Waals surface area contributed by atoms with Crippen LogP contribution in [0.5, 0.6) is 0 Å². The van der Waals surface area contributed by atoms with Gasteiger partial charge in [0.2, 0.25) is 0 Å². The fourth-order valence-corrected chi connectivity index (χ4v) is 3.05. The topological polar surface area (TPSA) is 24.9 Å². The fraction of sp³-hybridized carbons (Fsp3) is 0.750. The molecule has 0 atom stereocenters. The molecule has 0 unspecified atom stereocenters. The van der Waals surface area contributed by atoms with Crippen LogP contribution in [0.25, 0.3) is 0 Å². The van der Waals surface area contributed by atoms with Crippen molar-refractivity contribution in [3.05, 3.63) is 16.1 Å². The van der Waals surface area contributed by atoms with Crippen molar-refractivity contribution in [2.45, 2.75) is 51.5 Å². The van der Waals surface area contributed by atoms with Gasteiger partial charge < -0.3 is 5.32 Å². The average molecular weight is 224 g/mol. The minimum atomic E-state index is 0.485. The molecule has 2 nitrogen and oxygen atoms in total. The number of thiazole rings is 1. The van der Waals surface area contributed by atoms with E-state index in [1.54, 1.807) is 11.3 Å². The zero-order chi connectivity index (χ0) is 10.7. The summed E-state index contributed by atoms with van der Waals surface area (Å²) >= 11 is 1.78. The third-order valence-electron chi connectivity index (χ3n) is 3.68. The van der Waals surface area contributed by atoms with Crippen molar-refractivity contribution in [3.63, 3.8) is 0 Å². The predicted molar refractivity (Wildman–Crippen MR) is 65.4 cm³/mol. The van der Waals surface area contributed by atoms with Gasteiger partial charge in [-0.2, -0.15) is 0 Å². The molecular weight excluding hydrogens is 204 g/mol. The van der Waals surface area contributed by atoms with Crippen molar-refractivity contribution in [3.8, 4) is 0 Å². The third kappa shape index (κ3) is 2.40. The first-order chi connectivity index (χ1) is 7.26. The van der Waals surface area contributed by atoms with E-state index in [1.807, 2.05) is 5.51 Å². The first-order valence-electron chi connectivity index (χ1n) is 5.90. The summed E-state index contributed by atoms with van der Waals surface area (Å²) in [5.41, 5.74) is 3.64. The van der Waals surface area contributed by atoms with Gasteiger partial charge in [0.05, 0.1) is 11.2 Å². The summed E-state index contributed by atoms with van der Waals surface area (Å²) in [6, 6.07) is 0. The molecule has 0 spiro atoms. The Labute approximate surface area is 96.1 Å². The Morgan fingerprint density at radius 3 is 2.80 bits per heavy atom. The van der Waals surface area contributed by atoms with Gasteiger partial charge in [0.25, 0.3) is 0 Å². The largest absolute Gasteiger partial charge is 0.311 e. The van der Waals surface area contributed by atoms with E-state index in [-0.39, 0.29) is 0 Å². The molecule has 0 saturated heterocycles. The Kier molecular flexibility index (Phi) is 3.42. The van der Waals surface area contributed by atoms with E-state index in [1.165, 1.54) is 36.3 Å². The Hall–Kier alpha value is -0.410. The molecule has 0 bridgehead atoms. The lowest BCUT2D eigenvalue weighted by atomic mass is 9.75. The molecular formula is C12H20N2S. The van der Waals surface area contributed by atoms with Gasteiger partial charge in [-0.05, 0) is 39.0 Å². The lowest BCUT2D eigenvalue weighted by Crippen LogP contribution is -2.50. The quantitative estimate of drug-likeness (QED) is 0.832. The van der Waals surface area contributed by atoms with Crippen LogP contribution < -0.4 is 5.32 Å². The lowest BCUT2D eigenvalue weighted by Gasteiger charge is -2.42. The van der Waals surface area contributed by atoms with Crippen molar-refractivity contribution in [2.24, 2.45) is 0 Å². The third-order valence-corrected chi connectivity index (χ3v) is 4.68. The van der Waals surface area contributed by atoms with Crippen LogP contribution in [0.1, 0.15) is 43.2 Å². The molecule has 1 N–H and O–H groups in total. The first kappa shape index (κ1) is 11.1. The molecule has 0 amide bonds. The van der Waals surface area contributed by atoms with E-state index in [0.717, 1.165) is 13.0 Å². The van der Waals surface area contributed by atoms with Crippen molar-refractivity contribution in [2.75, 3.05) is 6.54 Å². The van der Waals surface area contributed by atoms with E-state index < -0.39 is 0 Å². The van der Waals surface area contributed by atoms with Crippen LogP contribution in [0.2, 0.25) is 0 Å². The van der Waals surface area contributed by atoms with Gasteiger partial charge in [-0.1, -0.05) is 6.92 Å². The zero-order valence-corrected chi connectivity index (χ0v) is 10.5. The molecule has 1 aliphatic rings. The molecule has 1 saturated carbocycles. The Bertz CT molecular complexity index is 310. The predicted octanol–water partition coefficient (Wildman–Crippen LogP) is 2.92. The molecule has 1 fully saturated rings. The Morgan fingerprint density at radius 2 is 2.33 bits per heavy atom. The number of rotatable bonds is 5. The van der Waals surface area contributed by atoms with Gasteiger partial charge in [-0.25, -0.2) is 4.98 Å². The molecule has 1 aliphatic carbocycles. The average Bonchev–Trinajstić information content (AvgIpc) is 2.57. The highest BCUT2D eigenvalue weighted by Gasteiger charge is 2.33. The second-order valence-electron chi connectivity index (χ2n) is 4.53. The van der Waals surface area contributed by atoms with E-state index >= 15 is 0 Å². The van der Waals surface area contributed by atoms with Crippen molar-refractivity contribution in [1.82, 2.24) is 10.3 Å². The summed E-state index contributed by atoms with van der Waals surface area (Å²) in [6.45, 7) is 5.51. The Morgan fingerprint density at radius 1 is 1.53 bits per heavy atom. The standard InChI is InChI=1S/C12H20N2S/c1-3-12(6-4-7-12)14-8-5-11-10(2)13-9-15-11/h9,14H,3-8H2,1-2H3. The van der Waals surface area contributed by atoms with Gasteiger partial charge in [0.15, 0.2) is 0 Å². The van der Waals surface area contributed by atoms with E-state index in [9.17, 15) is 0 Å². The molecule has 2 rings (SSSR count). The molecule has 0 aliphatic heterocycles. The van der Waals surface area contributed by atoms with Crippen molar-refractivity contribution in [1.29, 1.82) is 0 Å². The van der Waals surface area contributed by atoms with Crippen LogP contribution in [-0.4, -0.2) is 17.1 Å². The summed E-state index contributed by atoms with van der Waals surface area (Å²) < 4.78 is 0. The highest BCUT2D eigenvalue weighted by Crippen LogP contribution is 2.34. The van der Waals surface area contributed by atoms with Gasteiger partial charge >= 0.3 is 0 Å². The van der Waals surface area contributed by atoms with Crippen LogP contribution in [0.4, 0.5) is 0 Å². The molecule has 1 heterocycles. The minimum Gasteiger partial charge on any atom is -0.311 e. The number of nitrogens with one attached hydrogen (secondary N) is 1. The second-order valence-corrected chi connectivity index (χ2v) is 5.46. The van der Waals surface area contributed by atoms with E-state index in [4.69, 9.17) is 0 Å². The zero-order valence-electron chi connectivity index (χ0n) is 9.68. The van der Waals surface area contributed by atoms with Crippen molar-refractivity contribution < 1.29 is 0 Å². The smallest absolute Gasteiger partial charge is 0.0797 e. The molecule has 15 heavy (non-hydrogen) atoms. The summed E-state index contributed by atoms with van der Waals surface area (Å²) in [4.78, 5) is 5.71. The molecule has 0 radical (unpaired) electrons. The minimum absolute atomic E-state index is 0.485. The van der Waals surface area contributed by atoms with Gasteiger partial charge in [0.1, 0.15) is 0 Å². The van der Waals surface area contributed by atoms with Crippen LogP contribution in [0.15, 0.2) is 5.51 Å². The molecule has 0 aromatic carbocycles. The Balaban J connectivity index is 1.77. The molecule has 1 aromatic heterocycles. The van der Waals surface area contributed by atoms with Crippen LogP contribution in [0, 0.1) is 6.92 Å². The highest BCUT2D eigenvalue weighted by atomic mass is 32.1. The summed E-state index contributed by atoms with van der Waals surface area (Å²) in [6.07, 6.45) is 6.55. The van der Waals surface area contributed by atoms with Crippen LogP contribution in [-0.2, 0) is 6.42 Å². The maximum absolute atomic E-state index is 4.28. The van der Waals surface area contributed by atoms with Gasteiger partial charge in [-0.15, -0.1) is 11.3 Å². The number of hydrogen-bond donors (Lipinski definition) is 1. The van der Waals surface area contributed by atoms with E-state index in [0.29, 0.717) is 5.54 Å². The number of aromatic nitrogens is 1. The summed E-state index contributed by atoms with van der Waals surface area (Å²) in [5, 5.41) is 3.73. The molecule has 3 heteroatoms.